The number of esters is 1. The van der Waals surface area contributed by atoms with Crippen LogP contribution in [0, 0.1) is 0 Å². The van der Waals surface area contributed by atoms with E-state index in [0.717, 1.165) is 24.1 Å². The first kappa shape index (κ1) is 20.4. The predicted molar refractivity (Wildman–Crippen MR) is 109 cm³/mol. The number of aryl methyl sites for hydroxylation is 1. The number of hydrogen-bond acceptors (Lipinski definition) is 5. The van der Waals surface area contributed by atoms with Crippen molar-refractivity contribution in [1.29, 1.82) is 0 Å². The molecule has 0 aliphatic carbocycles. The van der Waals surface area contributed by atoms with Crippen LogP contribution in [0.2, 0.25) is 0 Å². The van der Waals surface area contributed by atoms with Gasteiger partial charge < -0.3 is 20.1 Å². The third kappa shape index (κ3) is 5.81. The number of carbonyl (C=O) groups excluding carboxylic acids is 3. The van der Waals surface area contributed by atoms with Crippen LogP contribution in [0.1, 0.15) is 42.1 Å². The number of benzene rings is 2. The Morgan fingerprint density at radius 2 is 1.90 bits per heavy atom. The standard InChI is InChI=1S/C22H24N2O5/c1-2-3-12-28-22(27)15-4-7-17(8-5-15)23-21(26)14-29-18-9-10-19-16(13-18)6-11-20(25)24-19/h4-5,7-10,13H,2-3,6,11-12,14H2,1H3,(H,23,26)(H,24,25). The van der Waals surface area contributed by atoms with Crippen LogP contribution in [0.25, 0.3) is 0 Å². The van der Waals surface area contributed by atoms with Crippen LogP contribution >= 0.6 is 0 Å². The highest BCUT2D eigenvalue weighted by Gasteiger charge is 2.15. The van der Waals surface area contributed by atoms with Gasteiger partial charge in [-0.1, -0.05) is 13.3 Å². The van der Waals surface area contributed by atoms with Crippen molar-refractivity contribution in [2.45, 2.75) is 32.6 Å². The number of carbonyl (C=O) groups is 3. The Balaban J connectivity index is 1.48. The van der Waals surface area contributed by atoms with E-state index < -0.39 is 0 Å². The van der Waals surface area contributed by atoms with E-state index in [4.69, 9.17) is 9.47 Å². The summed E-state index contributed by atoms with van der Waals surface area (Å²) < 4.78 is 10.7. The molecule has 7 heteroatoms. The SMILES string of the molecule is CCCCOC(=O)c1ccc(NC(=O)COc2ccc3c(c2)CCC(=O)N3)cc1. The van der Waals surface area contributed by atoms with Gasteiger partial charge in [0, 0.05) is 17.8 Å². The molecule has 29 heavy (non-hydrogen) atoms. The second-order valence-electron chi connectivity index (χ2n) is 6.77. The molecule has 152 valence electrons. The van der Waals surface area contributed by atoms with E-state index >= 15 is 0 Å². The fraction of sp³-hybridized carbons (Fsp3) is 0.318. The zero-order valence-electron chi connectivity index (χ0n) is 16.3. The Labute approximate surface area is 169 Å². The van der Waals surface area contributed by atoms with Gasteiger partial charge in [0.15, 0.2) is 6.61 Å². The Bertz CT molecular complexity index is 893. The molecular weight excluding hydrogens is 372 g/mol. The minimum absolute atomic E-state index is 0.00536. The van der Waals surface area contributed by atoms with Gasteiger partial charge in [-0.25, -0.2) is 4.79 Å². The van der Waals surface area contributed by atoms with Gasteiger partial charge in [0.05, 0.1) is 12.2 Å². The van der Waals surface area contributed by atoms with Crippen molar-refractivity contribution in [3.8, 4) is 5.75 Å². The fourth-order valence-corrected chi connectivity index (χ4v) is 2.88. The van der Waals surface area contributed by atoms with Gasteiger partial charge in [-0.2, -0.15) is 0 Å². The fourth-order valence-electron chi connectivity index (χ4n) is 2.88. The second-order valence-corrected chi connectivity index (χ2v) is 6.77. The molecule has 0 atom stereocenters. The van der Waals surface area contributed by atoms with Crippen LogP contribution in [-0.2, 0) is 20.7 Å². The number of rotatable bonds is 8. The summed E-state index contributed by atoms with van der Waals surface area (Å²) in [5, 5.41) is 5.53. The van der Waals surface area contributed by atoms with Gasteiger partial charge in [0.25, 0.3) is 5.91 Å². The van der Waals surface area contributed by atoms with Crippen LogP contribution in [0.3, 0.4) is 0 Å². The molecule has 1 aliphatic heterocycles. The van der Waals surface area contributed by atoms with E-state index in [0.29, 0.717) is 36.4 Å². The molecule has 2 aromatic rings. The van der Waals surface area contributed by atoms with Crippen LogP contribution < -0.4 is 15.4 Å². The summed E-state index contributed by atoms with van der Waals surface area (Å²) in [6, 6.07) is 11.9. The van der Waals surface area contributed by atoms with E-state index in [2.05, 4.69) is 10.6 Å². The molecule has 2 N–H and O–H groups in total. The molecule has 0 saturated carbocycles. The first-order valence-corrected chi connectivity index (χ1v) is 9.68. The summed E-state index contributed by atoms with van der Waals surface area (Å²) in [5.41, 5.74) is 2.78. The largest absolute Gasteiger partial charge is 0.484 e. The third-order valence-corrected chi connectivity index (χ3v) is 4.48. The molecule has 3 rings (SSSR count). The normalized spacial score (nSPS) is 12.5. The molecular formula is C22H24N2O5. The van der Waals surface area contributed by atoms with Gasteiger partial charge in [0.2, 0.25) is 5.91 Å². The topological polar surface area (TPSA) is 93.7 Å². The highest BCUT2D eigenvalue weighted by molar-refractivity contribution is 5.94. The molecule has 0 fully saturated rings. The molecule has 1 aliphatic rings. The van der Waals surface area contributed by atoms with Gasteiger partial charge in [-0.15, -0.1) is 0 Å². The molecule has 0 aromatic heterocycles. The number of ether oxygens (including phenoxy) is 2. The number of hydrogen-bond donors (Lipinski definition) is 2. The Hall–Kier alpha value is -3.35. The molecule has 0 unspecified atom stereocenters. The molecule has 7 nitrogen and oxygen atoms in total. The average Bonchev–Trinajstić information content (AvgIpc) is 2.73. The van der Waals surface area contributed by atoms with Crippen molar-refractivity contribution in [3.63, 3.8) is 0 Å². The quantitative estimate of drug-likeness (QED) is 0.526. The van der Waals surface area contributed by atoms with Crippen LogP contribution in [0.5, 0.6) is 5.75 Å². The molecule has 0 saturated heterocycles. The maximum absolute atomic E-state index is 12.1. The number of nitrogens with one attached hydrogen (secondary N) is 2. The van der Waals surface area contributed by atoms with Gasteiger partial charge in [0.1, 0.15) is 5.75 Å². The Morgan fingerprint density at radius 1 is 1.10 bits per heavy atom. The molecule has 2 amide bonds. The number of unbranched alkanes of at least 4 members (excludes halogenated alkanes) is 1. The van der Waals surface area contributed by atoms with Gasteiger partial charge in [-0.05, 0) is 60.9 Å². The van der Waals surface area contributed by atoms with E-state index in [1.807, 2.05) is 13.0 Å². The van der Waals surface area contributed by atoms with Crippen LogP contribution in [0.4, 0.5) is 11.4 Å². The van der Waals surface area contributed by atoms with Crippen LogP contribution in [-0.4, -0.2) is 31.0 Å². The minimum atomic E-state index is -0.372. The predicted octanol–water partition coefficient (Wildman–Crippen LogP) is 3.55. The Morgan fingerprint density at radius 3 is 2.66 bits per heavy atom. The van der Waals surface area contributed by atoms with Crippen molar-refractivity contribution < 1.29 is 23.9 Å². The average molecular weight is 396 g/mol. The second kappa shape index (κ2) is 9.73. The number of amides is 2. The first-order valence-electron chi connectivity index (χ1n) is 9.68. The minimum Gasteiger partial charge on any atom is -0.484 e. The molecule has 1 heterocycles. The summed E-state index contributed by atoms with van der Waals surface area (Å²) >= 11 is 0. The lowest BCUT2D eigenvalue weighted by molar-refractivity contribution is -0.118. The van der Waals surface area contributed by atoms with Crippen molar-refractivity contribution in [2.75, 3.05) is 23.8 Å². The Kier molecular flexibility index (Phi) is 6.84. The zero-order valence-corrected chi connectivity index (χ0v) is 16.3. The molecule has 0 bridgehead atoms. The lowest BCUT2D eigenvalue weighted by atomic mass is 10.0. The number of anilines is 2. The summed E-state index contributed by atoms with van der Waals surface area (Å²) in [7, 11) is 0. The monoisotopic (exact) mass is 396 g/mol. The summed E-state index contributed by atoms with van der Waals surface area (Å²) in [4.78, 5) is 35.4. The molecule has 2 aromatic carbocycles. The van der Waals surface area contributed by atoms with E-state index in [-0.39, 0.29) is 24.4 Å². The number of fused-ring (bicyclic) bond motifs is 1. The highest BCUT2D eigenvalue weighted by Crippen LogP contribution is 2.26. The highest BCUT2D eigenvalue weighted by atomic mass is 16.5. The molecule has 0 spiro atoms. The van der Waals surface area contributed by atoms with E-state index in [1.54, 1.807) is 36.4 Å². The third-order valence-electron chi connectivity index (χ3n) is 4.48. The summed E-state index contributed by atoms with van der Waals surface area (Å²) in [6.07, 6.45) is 2.89. The lowest BCUT2D eigenvalue weighted by Gasteiger charge is -2.17. The maximum atomic E-state index is 12.1. The first-order chi connectivity index (χ1) is 14.0. The summed E-state index contributed by atoms with van der Waals surface area (Å²) in [6.45, 7) is 2.28. The van der Waals surface area contributed by atoms with Crippen LogP contribution in [0.15, 0.2) is 42.5 Å². The van der Waals surface area contributed by atoms with Gasteiger partial charge in [-0.3, -0.25) is 9.59 Å². The van der Waals surface area contributed by atoms with Crippen molar-refractivity contribution in [3.05, 3.63) is 53.6 Å². The van der Waals surface area contributed by atoms with E-state index in [1.165, 1.54) is 0 Å². The maximum Gasteiger partial charge on any atom is 0.338 e. The van der Waals surface area contributed by atoms with Crippen molar-refractivity contribution >= 4 is 29.2 Å². The smallest absolute Gasteiger partial charge is 0.338 e. The van der Waals surface area contributed by atoms with Gasteiger partial charge >= 0.3 is 5.97 Å². The molecule has 0 radical (unpaired) electrons. The zero-order chi connectivity index (χ0) is 20.6. The van der Waals surface area contributed by atoms with Crippen molar-refractivity contribution in [1.82, 2.24) is 0 Å². The summed E-state index contributed by atoms with van der Waals surface area (Å²) in [5.74, 6) is -0.108. The lowest BCUT2D eigenvalue weighted by Crippen LogP contribution is -2.21. The van der Waals surface area contributed by atoms with E-state index in [9.17, 15) is 14.4 Å². The van der Waals surface area contributed by atoms with Crippen molar-refractivity contribution in [2.24, 2.45) is 0 Å².